The molecule has 5 heteroatoms. The second kappa shape index (κ2) is 9.85. The predicted molar refractivity (Wildman–Crippen MR) is 109 cm³/mol. The zero-order valence-corrected chi connectivity index (χ0v) is 16.6. The first-order valence-corrected chi connectivity index (χ1v) is 9.75. The number of rotatable bonds is 8. The first-order valence-electron chi connectivity index (χ1n) is 8.39. The fraction of sp³-hybridized carbons (Fsp3) is 0.350. The van der Waals surface area contributed by atoms with E-state index >= 15 is 0 Å². The Balaban J connectivity index is 1.72. The smallest absolute Gasteiger partial charge is 0.238 e. The van der Waals surface area contributed by atoms with Gasteiger partial charge in [0.05, 0.1) is 11.6 Å². The van der Waals surface area contributed by atoms with E-state index in [2.05, 4.69) is 10.2 Å². The van der Waals surface area contributed by atoms with Gasteiger partial charge in [0.25, 0.3) is 0 Å². The van der Waals surface area contributed by atoms with Gasteiger partial charge in [0.1, 0.15) is 0 Å². The molecule has 0 spiro atoms. The van der Waals surface area contributed by atoms with Crippen molar-refractivity contribution in [3.05, 3.63) is 58.6 Å². The number of nitrogens with zero attached hydrogens (tertiary/aromatic N) is 1. The molecule has 134 valence electrons. The minimum absolute atomic E-state index is 0.0265. The largest absolute Gasteiger partial charge is 0.324 e. The number of hydrogen-bond acceptors (Lipinski definition) is 3. The van der Waals surface area contributed by atoms with E-state index in [0.717, 1.165) is 45.5 Å². The Bertz CT molecular complexity index is 700. The zero-order valence-electron chi connectivity index (χ0n) is 15.0. The van der Waals surface area contributed by atoms with E-state index in [0.29, 0.717) is 6.54 Å². The fourth-order valence-electron chi connectivity index (χ4n) is 2.59. The number of amides is 1. The number of benzene rings is 2. The number of aryl methyl sites for hydroxylation is 2. The summed E-state index contributed by atoms with van der Waals surface area (Å²) in [7, 11) is 1.98. The molecule has 25 heavy (non-hydrogen) atoms. The molecule has 0 saturated carbocycles. The normalized spacial score (nSPS) is 10.9. The number of nitrogens with one attached hydrogen (secondary N) is 1. The maximum Gasteiger partial charge on any atom is 0.238 e. The van der Waals surface area contributed by atoms with E-state index < -0.39 is 0 Å². The van der Waals surface area contributed by atoms with Crippen LogP contribution in [0.3, 0.4) is 0 Å². The average Bonchev–Trinajstić information content (AvgIpc) is 2.56. The summed E-state index contributed by atoms with van der Waals surface area (Å²) in [6.45, 7) is 5.29. The highest BCUT2D eigenvalue weighted by Gasteiger charge is 2.10. The summed E-state index contributed by atoms with van der Waals surface area (Å²) in [5.74, 6) is 1.01. The van der Waals surface area contributed by atoms with Gasteiger partial charge in [0.2, 0.25) is 5.91 Å². The molecule has 0 atom stereocenters. The Morgan fingerprint density at radius 3 is 2.48 bits per heavy atom. The number of anilines is 1. The van der Waals surface area contributed by atoms with Crippen molar-refractivity contribution in [2.45, 2.75) is 25.2 Å². The van der Waals surface area contributed by atoms with Crippen LogP contribution in [0.4, 0.5) is 5.69 Å². The van der Waals surface area contributed by atoms with Crippen molar-refractivity contribution in [3.63, 3.8) is 0 Å². The molecule has 2 aromatic carbocycles. The topological polar surface area (TPSA) is 32.3 Å². The Labute approximate surface area is 159 Å². The van der Waals surface area contributed by atoms with Gasteiger partial charge in [-0.05, 0) is 62.9 Å². The third-order valence-electron chi connectivity index (χ3n) is 3.94. The van der Waals surface area contributed by atoms with Gasteiger partial charge in [0.15, 0.2) is 0 Å². The summed E-state index contributed by atoms with van der Waals surface area (Å²) in [6, 6.07) is 13.9. The van der Waals surface area contributed by atoms with E-state index in [1.165, 1.54) is 0 Å². The number of para-hydroxylation sites is 1. The van der Waals surface area contributed by atoms with Crippen LogP contribution in [-0.4, -0.2) is 36.7 Å². The lowest BCUT2D eigenvalue weighted by Gasteiger charge is -2.17. The molecule has 0 aliphatic heterocycles. The van der Waals surface area contributed by atoms with E-state index in [4.69, 9.17) is 11.6 Å². The van der Waals surface area contributed by atoms with Crippen molar-refractivity contribution in [1.29, 1.82) is 0 Å². The molecule has 0 aliphatic carbocycles. The number of halogens is 1. The molecule has 0 aromatic heterocycles. The van der Waals surface area contributed by atoms with E-state index in [-0.39, 0.29) is 5.91 Å². The molecule has 2 aromatic rings. The molecular formula is C20H25ClN2OS. The fourth-order valence-corrected chi connectivity index (χ4v) is 3.77. The van der Waals surface area contributed by atoms with Crippen LogP contribution in [-0.2, 0) is 4.79 Å². The van der Waals surface area contributed by atoms with Crippen molar-refractivity contribution in [2.24, 2.45) is 0 Å². The summed E-state index contributed by atoms with van der Waals surface area (Å²) >= 11 is 7.91. The van der Waals surface area contributed by atoms with Gasteiger partial charge < -0.3 is 5.32 Å². The maximum absolute atomic E-state index is 12.3. The molecule has 0 fully saturated rings. The van der Waals surface area contributed by atoms with Gasteiger partial charge in [0, 0.05) is 10.6 Å². The second-order valence-electron chi connectivity index (χ2n) is 6.19. The molecule has 0 bridgehead atoms. The molecular weight excluding hydrogens is 352 g/mol. The Hall–Kier alpha value is -1.49. The van der Waals surface area contributed by atoms with Gasteiger partial charge in [-0.15, -0.1) is 11.8 Å². The summed E-state index contributed by atoms with van der Waals surface area (Å²) in [4.78, 5) is 15.4. The van der Waals surface area contributed by atoms with Crippen molar-refractivity contribution >= 4 is 35.0 Å². The first-order chi connectivity index (χ1) is 12.0. The van der Waals surface area contributed by atoms with Gasteiger partial charge in [-0.1, -0.05) is 41.9 Å². The third-order valence-corrected chi connectivity index (χ3v) is 5.54. The lowest BCUT2D eigenvalue weighted by molar-refractivity contribution is -0.117. The quantitative estimate of drug-likeness (QED) is 0.519. The number of carbonyl (C=O) groups excluding carboxylic acids is 1. The highest BCUT2D eigenvalue weighted by atomic mass is 35.5. The highest BCUT2D eigenvalue weighted by Crippen LogP contribution is 2.26. The number of thioether (sulfide) groups is 1. The van der Waals surface area contributed by atoms with Crippen LogP contribution in [0.2, 0.25) is 5.02 Å². The average molecular weight is 377 g/mol. The molecule has 1 amide bonds. The van der Waals surface area contributed by atoms with Crippen molar-refractivity contribution in [3.8, 4) is 0 Å². The molecule has 0 heterocycles. The highest BCUT2D eigenvalue weighted by molar-refractivity contribution is 7.99. The van der Waals surface area contributed by atoms with Crippen LogP contribution in [0.25, 0.3) is 0 Å². The number of likely N-dealkylation sites (N-methyl/N-ethyl adjacent to an activating group) is 1. The van der Waals surface area contributed by atoms with Crippen LogP contribution >= 0.6 is 23.4 Å². The lowest BCUT2D eigenvalue weighted by atomic mass is 10.1. The first kappa shape index (κ1) is 19.8. The van der Waals surface area contributed by atoms with E-state index in [1.807, 2.05) is 63.4 Å². The van der Waals surface area contributed by atoms with Crippen LogP contribution in [0.1, 0.15) is 17.5 Å². The molecule has 3 nitrogen and oxygen atoms in total. The Morgan fingerprint density at radius 1 is 1.12 bits per heavy atom. The van der Waals surface area contributed by atoms with Crippen molar-refractivity contribution in [2.75, 3.05) is 31.2 Å². The second-order valence-corrected chi connectivity index (χ2v) is 7.73. The monoisotopic (exact) mass is 376 g/mol. The van der Waals surface area contributed by atoms with Gasteiger partial charge >= 0.3 is 0 Å². The summed E-state index contributed by atoms with van der Waals surface area (Å²) in [5, 5.41) is 3.83. The third kappa shape index (κ3) is 6.38. The van der Waals surface area contributed by atoms with Crippen LogP contribution in [0, 0.1) is 13.8 Å². The SMILES string of the molecule is Cc1cccc(C)c1NC(=O)CN(C)CCCSc1ccccc1Cl. The van der Waals surface area contributed by atoms with Crippen LogP contribution < -0.4 is 5.32 Å². The molecule has 0 aliphatic rings. The minimum Gasteiger partial charge on any atom is -0.324 e. The molecule has 1 N–H and O–H groups in total. The summed E-state index contributed by atoms with van der Waals surface area (Å²) in [5.41, 5.74) is 3.11. The predicted octanol–water partition coefficient (Wildman–Crippen LogP) is 5.01. The Morgan fingerprint density at radius 2 is 1.80 bits per heavy atom. The van der Waals surface area contributed by atoms with Crippen LogP contribution in [0.5, 0.6) is 0 Å². The molecule has 0 unspecified atom stereocenters. The van der Waals surface area contributed by atoms with E-state index in [1.54, 1.807) is 11.8 Å². The van der Waals surface area contributed by atoms with E-state index in [9.17, 15) is 4.79 Å². The number of carbonyl (C=O) groups is 1. The zero-order chi connectivity index (χ0) is 18.2. The summed E-state index contributed by atoms with van der Waals surface area (Å²) < 4.78 is 0. The lowest BCUT2D eigenvalue weighted by Crippen LogP contribution is -2.31. The molecule has 2 rings (SSSR count). The number of hydrogen-bond donors (Lipinski definition) is 1. The Kier molecular flexibility index (Phi) is 7.82. The van der Waals surface area contributed by atoms with Gasteiger partial charge in [-0.3, -0.25) is 9.69 Å². The van der Waals surface area contributed by atoms with Gasteiger partial charge in [-0.25, -0.2) is 0 Å². The maximum atomic E-state index is 12.3. The standard InChI is InChI=1S/C20H25ClN2OS/c1-15-8-6-9-16(2)20(15)22-19(24)14-23(3)12-7-13-25-18-11-5-4-10-17(18)21/h4-6,8-11H,7,12-14H2,1-3H3,(H,22,24). The summed E-state index contributed by atoms with van der Waals surface area (Å²) in [6.07, 6.45) is 1.00. The van der Waals surface area contributed by atoms with Crippen molar-refractivity contribution < 1.29 is 4.79 Å². The molecule has 0 saturated heterocycles. The van der Waals surface area contributed by atoms with Crippen LogP contribution in [0.15, 0.2) is 47.4 Å². The minimum atomic E-state index is 0.0265. The molecule has 0 radical (unpaired) electrons. The van der Waals surface area contributed by atoms with Crippen molar-refractivity contribution in [1.82, 2.24) is 4.90 Å². The van der Waals surface area contributed by atoms with Gasteiger partial charge in [-0.2, -0.15) is 0 Å².